The van der Waals surface area contributed by atoms with Gasteiger partial charge in [-0.3, -0.25) is 9.59 Å². The van der Waals surface area contributed by atoms with Gasteiger partial charge in [-0.2, -0.15) is 0 Å². The monoisotopic (exact) mass is 224 g/mol. The Balaban J connectivity index is 2.27. The highest BCUT2D eigenvalue weighted by Crippen LogP contribution is 2.41. The Kier molecular flexibility index (Phi) is 2.68. The van der Waals surface area contributed by atoms with Gasteiger partial charge in [0.1, 0.15) is 5.54 Å². The van der Waals surface area contributed by atoms with Gasteiger partial charge in [-0.15, -0.1) is 0 Å². The summed E-state index contributed by atoms with van der Waals surface area (Å²) in [6, 6.07) is 0.165. The molecule has 90 valence electrons. The van der Waals surface area contributed by atoms with E-state index in [-0.39, 0.29) is 17.9 Å². The molecule has 4 nitrogen and oxygen atoms in total. The van der Waals surface area contributed by atoms with Gasteiger partial charge in [-0.1, -0.05) is 0 Å². The highest BCUT2D eigenvalue weighted by Gasteiger charge is 2.51. The van der Waals surface area contributed by atoms with E-state index in [0.29, 0.717) is 18.9 Å². The number of hydrogen-bond acceptors (Lipinski definition) is 2. The van der Waals surface area contributed by atoms with Crippen LogP contribution in [-0.2, 0) is 9.59 Å². The maximum atomic E-state index is 12.4. The quantitative estimate of drug-likeness (QED) is 0.758. The fraction of sp³-hybridized carbons (Fsp3) is 0.833. The van der Waals surface area contributed by atoms with Gasteiger partial charge >= 0.3 is 0 Å². The zero-order valence-electron chi connectivity index (χ0n) is 10.2. The second-order valence-electron chi connectivity index (χ2n) is 5.37. The predicted molar refractivity (Wildman–Crippen MR) is 60.7 cm³/mol. The lowest BCUT2D eigenvalue weighted by atomic mass is 9.93. The summed E-state index contributed by atoms with van der Waals surface area (Å²) in [4.78, 5) is 25.9. The maximum Gasteiger partial charge on any atom is 0.248 e. The van der Waals surface area contributed by atoms with Gasteiger partial charge in [0.15, 0.2) is 0 Å². The molecule has 1 aliphatic heterocycles. The first-order valence-electron chi connectivity index (χ1n) is 6.07. The van der Waals surface area contributed by atoms with Crippen LogP contribution < -0.4 is 5.32 Å². The smallest absolute Gasteiger partial charge is 0.248 e. The number of nitrogens with one attached hydrogen (secondary N) is 1. The van der Waals surface area contributed by atoms with Crippen LogP contribution in [0, 0.1) is 5.92 Å². The summed E-state index contributed by atoms with van der Waals surface area (Å²) in [7, 11) is 0. The zero-order chi connectivity index (χ0) is 11.9. The summed E-state index contributed by atoms with van der Waals surface area (Å²) >= 11 is 0. The fourth-order valence-electron chi connectivity index (χ4n) is 2.46. The van der Waals surface area contributed by atoms with Crippen LogP contribution in [0.1, 0.15) is 40.0 Å². The lowest BCUT2D eigenvalue weighted by molar-refractivity contribution is -0.140. The topological polar surface area (TPSA) is 49.4 Å². The summed E-state index contributed by atoms with van der Waals surface area (Å²) in [5.74, 6) is 0.435. The van der Waals surface area contributed by atoms with E-state index >= 15 is 0 Å². The van der Waals surface area contributed by atoms with Crippen molar-refractivity contribution in [3.8, 4) is 0 Å². The van der Waals surface area contributed by atoms with Crippen molar-refractivity contribution in [2.45, 2.75) is 51.6 Å². The van der Waals surface area contributed by atoms with Gasteiger partial charge in [0.2, 0.25) is 11.8 Å². The second kappa shape index (κ2) is 3.75. The summed E-state index contributed by atoms with van der Waals surface area (Å²) in [6.45, 7) is 6.43. The number of amides is 2. The van der Waals surface area contributed by atoms with E-state index in [1.807, 2.05) is 25.7 Å². The summed E-state index contributed by atoms with van der Waals surface area (Å²) < 4.78 is 0. The molecule has 0 aromatic carbocycles. The molecule has 0 spiro atoms. The van der Waals surface area contributed by atoms with Gasteiger partial charge in [0.25, 0.3) is 0 Å². The van der Waals surface area contributed by atoms with Gasteiger partial charge < -0.3 is 10.2 Å². The van der Waals surface area contributed by atoms with Crippen LogP contribution in [-0.4, -0.2) is 34.8 Å². The molecule has 1 saturated carbocycles. The molecule has 2 aliphatic rings. The summed E-state index contributed by atoms with van der Waals surface area (Å²) in [5.41, 5.74) is -0.655. The molecule has 2 fully saturated rings. The molecule has 2 rings (SSSR count). The van der Waals surface area contributed by atoms with Crippen molar-refractivity contribution in [3.05, 3.63) is 0 Å². The Morgan fingerprint density at radius 3 is 2.50 bits per heavy atom. The number of carbonyl (C=O) groups is 2. The third-order valence-electron chi connectivity index (χ3n) is 3.70. The van der Waals surface area contributed by atoms with Gasteiger partial charge in [0, 0.05) is 19.0 Å². The van der Waals surface area contributed by atoms with Crippen molar-refractivity contribution in [2.75, 3.05) is 6.54 Å². The number of hydrogen-bond donors (Lipinski definition) is 1. The van der Waals surface area contributed by atoms with Gasteiger partial charge in [-0.05, 0) is 39.5 Å². The van der Waals surface area contributed by atoms with E-state index in [2.05, 4.69) is 5.32 Å². The van der Waals surface area contributed by atoms with Crippen molar-refractivity contribution < 1.29 is 9.59 Å². The minimum atomic E-state index is -0.655. The van der Waals surface area contributed by atoms with Crippen LogP contribution in [0.25, 0.3) is 0 Å². The largest absolute Gasteiger partial charge is 0.342 e. The minimum absolute atomic E-state index is 0.00546. The molecule has 1 aliphatic carbocycles. The van der Waals surface area contributed by atoms with Crippen molar-refractivity contribution >= 4 is 11.8 Å². The summed E-state index contributed by atoms with van der Waals surface area (Å²) in [6.07, 6.45) is 2.52. The van der Waals surface area contributed by atoms with Crippen LogP contribution in [0.2, 0.25) is 0 Å². The molecule has 4 heteroatoms. The molecular weight excluding hydrogens is 204 g/mol. The van der Waals surface area contributed by atoms with Crippen LogP contribution in [0.4, 0.5) is 0 Å². The maximum absolute atomic E-state index is 12.4. The number of carbonyl (C=O) groups excluding carboxylic acids is 2. The molecule has 0 bridgehead atoms. The van der Waals surface area contributed by atoms with Crippen molar-refractivity contribution in [3.63, 3.8) is 0 Å². The molecule has 1 atom stereocenters. The van der Waals surface area contributed by atoms with E-state index in [4.69, 9.17) is 0 Å². The first kappa shape index (κ1) is 11.4. The lowest BCUT2D eigenvalue weighted by Crippen LogP contribution is -2.57. The van der Waals surface area contributed by atoms with Crippen molar-refractivity contribution in [1.29, 1.82) is 0 Å². The van der Waals surface area contributed by atoms with Crippen LogP contribution in [0.5, 0.6) is 0 Å². The Bertz CT molecular complexity index is 323. The average molecular weight is 224 g/mol. The normalized spacial score (nSPS) is 31.6. The first-order chi connectivity index (χ1) is 7.45. The fourth-order valence-corrected chi connectivity index (χ4v) is 2.46. The first-order valence-corrected chi connectivity index (χ1v) is 6.07. The summed E-state index contributed by atoms with van der Waals surface area (Å²) in [5, 5.41) is 2.92. The molecule has 2 amide bonds. The molecule has 0 radical (unpaired) electrons. The number of rotatable bonds is 2. The van der Waals surface area contributed by atoms with Gasteiger partial charge in [0.05, 0.1) is 0 Å². The Hall–Kier alpha value is -1.06. The third kappa shape index (κ3) is 1.81. The molecule has 1 saturated heterocycles. The van der Waals surface area contributed by atoms with Crippen molar-refractivity contribution in [2.24, 2.45) is 5.92 Å². The Morgan fingerprint density at radius 1 is 1.38 bits per heavy atom. The Morgan fingerprint density at radius 2 is 2.00 bits per heavy atom. The lowest BCUT2D eigenvalue weighted by Gasteiger charge is -2.34. The molecule has 1 unspecified atom stereocenters. The van der Waals surface area contributed by atoms with Crippen LogP contribution >= 0.6 is 0 Å². The second-order valence-corrected chi connectivity index (χ2v) is 5.37. The molecule has 1 heterocycles. The van der Waals surface area contributed by atoms with E-state index < -0.39 is 5.54 Å². The van der Waals surface area contributed by atoms with Crippen LogP contribution in [0.3, 0.4) is 0 Å². The SMILES string of the molecule is CC(C)N1CCC(=O)NC(C)(C2CC2)C1=O. The predicted octanol–water partition coefficient (Wildman–Crippen LogP) is 0.912. The molecule has 16 heavy (non-hydrogen) atoms. The standard InChI is InChI=1S/C12H20N2O2/c1-8(2)14-7-6-10(15)13-12(3,11(14)16)9-4-5-9/h8-9H,4-7H2,1-3H3,(H,13,15). The molecule has 1 N–H and O–H groups in total. The van der Waals surface area contributed by atoms with Gasteiger partial charge in [-0.25, -0.2) is 0 Å². The Labute approximate surface area is 96.4 Å². The highest BCUT2D eigenvalue weighted by atomic mass is 16.2. The molecular formula is C12H20N2O2. The minimum Gasteiger partial charge on any atom is -0.342 e. The highest BCUT2D eigenvalue weighted by molar-refractivity contribution is 5.94. The zero-order valence-corrected chi connectivity index (χ0v) is 10.2. The van der Waals surface area contributed by atoms with E-state index in [1.54, 1.807) is 0 Å². The number of nitrogens with zero attached hydrogens (tertiary/aromatic N) is 1. The van der Waals surface area contributed by atoms with E-state index in [9.17, 15) is 9.59 Å². The van der Waals surface area contributed by atoms with E-state index in [0.717, 1.165) is 12.8 Å². The average Bonchev–Trinajstić information content (AvgIpc) is 2.98. The van der Waals surface area contributed by atoms with Crippen molar-refractivity contribution in [1.82, 2.24) is 10.2 Å². The van der Waals surface area contributed by atoms with Crippen LogP contribution in [0.15, 0.2) is 0 Å². The molecule has 0 aromatic rings. The van der Waals surface area contributed by atoms with E-state index in [1.165, 1.54) is 0 Å². The molecule has 0 aromatic heterocycles. The third-order valence-corrected chi connectivity index (χ3v) is 3.70.